The van der Waals surface area contributed by atoms with Gasteiger partial charge in [-0.15, -0.1) is 0 Å². The van der Waals surface area contributed by atoms with E-state index in [-0.39, 0.29) is 11.6 Å². The summed E-state index contributed by atoms with van der Waals surface area (Å²) >= 11 is 0. The number of benzene rings is 2. The van der Waals surface area contributed by atoms with Crippen molar-refractivity contribution in [2.24, 2.45) is 0 Å². The second kappa shape index (κ2) is 5.48. The molecule has 2 aromatic rings. The average molecular weight is 302 g/mol. The van der Waals surface area contributed by atoms with Gasteiger partial charge in [0.2, 0.25) is 0 Å². The maximum atomic E-state index is 12.5. The van der Waals surface area contributed by atoms with E-state index in [0.717, 1.165) is 42.5 Å². The van der Waals surface area contributed by atoms with Gasteiger partial charge in [-0.3, -0.25) is 4.79 Å². The van der Waals surface area contributed by atoms with Crippen LogP contribution in [0.3, 0.4) is 0 Å². The van der Waals surface area contributed by atoms with Crippen LogP contribution in [0, 0.1) is 11.8 Å². The first-order valence-corrected chi connectivity index (χ1v) is 8.06. The first-order chi connectivity index (χ1) is 11.2. The summed E-state index contributed by atoms with van der Waals surface area (Å²) in [5.41, 5.74) is 3.19. The fourth-order valence-electron chi connectivity index (χ4n) is 3.39. The number of anilines is 1. The summed E-state index contributed by atoms with van der Waals surface area (Å²) in [6, 6.07) is 15.7. The molecule has 1 heterocycles. The highest BCUT2D eigenvalue weighted by atomic mass is 16.2. The summed E-state index contributed by atoms with van der Waals surface area (Å²) in [6.45, 7) is 0. The minimum atomic E-state index is -0.235. The second-order valence-corrected chi connectivity index (χ2v) is 6.24. The third-order valence-corrected chi connectivity index (χ3v) is 4.57. The first kappa shape index (κ1) is 13.9. The van der Waals surface area contributed by atoms with Gasteiger partial charge in [0.05, 0.1) is 5.56 Å². The molecule has 114 valence electrons. The molecule has 1 aliphatic carbocycles. The summed E-state index contributed by atoms with van der Waals surface area (Å²) < 4.78 is 0. The van der Waals surface area contributed by atoms with Crippen molar-refractivity contribution in [2.75, 3.05) is 5.32 Å². The molecule has 0 bridgehead atoms. The Kier molecular flexibility index (Phi) is 3.31. The zero-order valence-electron chi connectivity index (χ0n) is 12.9. The van der Waals surface area contributed by atoms with Crippen LogP contribution in [0.2, 0.25) is 0 Å². The molecule has 0 aromatic heterocycles. The molecule has 23 heavy (non-hydrogen) atoms. The van der Waals surface area contributed by atoms with Crippen molar-refractivity contribution in [1.29, 1.82) is 0 Å². The van der Waals surface area contributed by atoms with E-state index >= 15 is 0 Å². The van der Waals surface area contributed by atoms with Crippen LogP contribution in [0.25, 0.3) is 0 Å². The summed E-state index contributed by atoms with van der Waals surface area (Å²) in [7, 11) is 0. The van der Waals surface area contributed by atoms with Crippen molar-refractivity contribution in [3.8, 4) is 11.8 Å². The van der Waals surface area contributed by atoms with Crippen molar-refractivity contribution in [1.82, 2.24) is 5.32 Å². The molecule has 3 nitrogen and oxygen atoms in total. The quantitative estimate of drug-likeness (QED) is 0.731. The normalized spacial score (nSPS) is 17.7. The van der Waals surface area contributed by atoms with Gasteiger partial charge in [0.15, 0.2) is 0 Å². The molecule has 0 radical (unpaired) electrons. The summed E-state index contributed by atoms with van der Waals surface area (Å²) in [6.07, 6.45) is 4.30. The summed E-state index contributed by atoms with van der Waals surface area (Å²) in [5, 5.41) is 6.67. The number of hydrogen-bond acceptors (Lipinski definition) is 2. The fourth-order valence-corrected chi connectivity index (χ4v) is 3.39. The van der Waals surface area contributed by atoms with Gasteiger partial charge in [-0.2, -0.15) is 0 Å². The Bertz CT molecular complexity index is 809. The SMILES string of the molecule is O=C1NC2(CCCC2)Nc2ccc(C#Cc3ccccc3)cc21. The van der Waals surface area contributed by atoms with E-state index in [1.54, 1.807) is 0 Å². The van der Waals surface area contributed by atoms with Crippen LogP contribution in [0.1, 0.15) is 47.2 Å². The minimum absolute atomic E-state index is 0.00371. The van der Waals surface area contributed by atoms with Gasteiger partial charge < -0.3 is 10.6 Å². The van der Waals surface area contributed by atoms with Crippen molar-refractivity contribution in [3.63, 3.8) is 0 Å². The summed E-state index contributed by atoms with van der Waals surface area (Å²) in [4.78, 5) is 12.5. The van der Waals surface area contributed by atoms with Gasteiger partial charge in [0.25, 0.3) is 5.91 Å². The molecule has 1 spiro atoms. The van der Waals surface area contributed by atoms with Crippen LogP contribution in [0.4, 0.5) is 5.69 Å². The number of rotatable bonds is 0. The molecule has 0 atom stereocenters. The molecule has 2 N–H and O–H groups in total. The van der Waals surface area contributed by atoms with Gasteiger partial charge in [-0.05, 0) is 56.0 Å². The van der Waals surface area contributed by atoms with Crippen molar-refractivity contribution in [2.45, 2.75) is 31.3 Å². The molecule has 4 rings (SSSR count). The van der Waals surface area contributed by atoms with Gasteiger partial charge in [0.1, 0.15) is 5.66 Å². The largest absolute Gasteiger partial charge is 0.362 e. The van der Waals surface area contributed by atoms with Crippen molar-refractivity contribution >= 4 is 11.6 Å². The standard InChI is InChI=1S/C20H18N2O/c23-19-17-14-16(9-8-15-6-2-1-3-7-15)10-11-18(17)21-20(22-19)12-4-5-13-20/h1-3,6-7,10-11,14,21H,4-5,12-13H2,(H,22,23). The van der Waals surface area contributed by atoms with E-state index in [2.05, 4.69) is 22.5 Å². The van der Waals surface area contributed by atoms with Crippen LogP contribution in [0.15, 0.2) is 48.5 Å². The number of amides is 1. The fraction of sp³-hybridized carbons (Fsp3) is 0.250. The van der Waals surface area contributed by atoms with E-state index in [1.165, 1.54) is 0 Å². The van der Waals surface area contributed by atoms with Gasteiger partial charge in [0, 0.05) is 16.8 Å². The third kappa shape index (κ3) is 2.68. The van der Waals surface area contributed by atoms with E-state index < -0.39 is 0 Å². The highest BCUT2D eigenvalue weighted by Crippen LogP contribution is 2.35. The lowest BCUT2D eigenvalue weighted by Crippen LogP contribution is -2.55. The molecule has 0 saturated heterocycles. The zero-order chi connectivity index (χ0) is 15.7. The molecule has 2 aromatic carbocycles. The van der Waals surface area contributed by atoms with Crippen LogP contribution in [-0.2, 0) is 0 Å². The Balaban J connectivity index is 1.63. The van der Waals surface area contributed by atoms with E-state index in [4.69, 9.17) is 0 Å². The third-order valence-electron chi connectivity index (χ3n) is 4.57. The lowest BCUT2D eigenvalue weighted by molar-refractivity contribution is 0.0902. The highest BCUT2D eigenvalue weighted by Gasteiger charge is 2.39. The van der Waals surface area contributed by atoms with Crippen molar-refractivity contribution in [3.05, 3.63) is 65.2 Å². The van der Waals surface area contributed by atoms with E-state index in [0.29, 0.717) is 5.56 Å². The predicted molar refractivity (Wildman–Crippen MR) is 91.2 cm³/mol. The Morgan fingerprint density at radius 2 is 1.61 bits per heavy atom. The smallest absolute Gasteiger partial charge is 0.255 e. The average Bonchev–Trinajstić information content (AvgIpc) is 3.02. The molecule has 1 aliphatic heterocycles. The molecule has 3 heteroatoms. The van der Waals surface area contributed by atoms with E-state index in [1.807, 2.05) is 48.5 Å². The topological polar surface area (TPSA) is 41.1 Å². The number of carbonyl (C=O) groups excluding carboxylic acids is 1. The second-order valence-electron chi connectivity index (χ2n) is 6.24. The molecule has 1 saturated carbocycles. The van der Waals surface area contributed by atoms with Crippen LogP contribution in [-0.4, -0.2) is 11.6 Å². The minimum Gasteiger partial charge on any atom is -0.362 e. The number of nitrogens with one attached hydrogen (secondary N) is 2. The number of hydrogen-bond donors (Lipinski definition) is 2. The Morgan fingerprint density at radius 1 is 0.870 bits per heavy atom. The Hall–Kier alpha value is -2.73. The summed E-state index contributed by atoms with van der Waals surface area (Å²) in [5.74, 6) is 6.27. The van der Waals surface area contributed by atoms with Crippen LogP contribution in [0.5, 0.6) is 0 Å². The zero-order valence-corrected chi connectivity index (χ0v) is 12.9. The molecule has 1 fully saturated rings. The Labute approximate surface area is 136 Å². The van der Waals surface area contributed by atoms with Crippen LogP contribution >= 0.6 is 0 Å². The monoisotopic (exact) mass is 302 g/mol. The van der Waals surface area contributed by atoms with Gasteiger partial charge >= 0.3 is 0 Å². The lowest BCUT2D eigenvalue weighted by atomic mass is 9.99. The number of fused-ring (bicyclic) bond motifs is 1. The molecular weight excluding hydrogens is 284 g/mol. The maximum absolute atomic E-state index is 12.5. The lowest BCUT2D eigenvalue weighted by Gasteiger charge is -2.37. The molecule has 0 unspecified atom stereocenters. The van der Waals surface area contributed by atoms with Crippen molar-refractivity contribution < 1.29 is 4.79 Å². The molecule has 2 aliphatic rings. The Morgan fingerprint density at radius 3 is 2.39 bits per heavy atom. The van der Waals surface area contributed by atoms with E-state index in [9.17, 15) is 4.79 Å². The molecular formula is C20H18N2O. The molecule has 1 amide bonds. The predicted octanol–water partition coefficient (Wildman–Crippen LogP) is 3.51. The van der Waals surface area contributed by atoms with Gasteiger partial charge in [-0.25, -0.2) is 0 Å². The maximum Gasteiger partial charge on any atom is 0.255 e. The van der Waals surface area contributed by atoms with Gasteiger partial charge in [-0.1, -0.05) is 30.0 Å². The van der Waals surface area contributed by atoms with Crippen LogP contribution < -0.4 is 10.6 Å². The number of carbonyl (C=O) groups is 1. The highest BCUT2D eigenvalue weighted by molar-refractivity contribution is 6.02. The first-order valence-electron chi connectivity index (χ1n) is 8.06.